The Kier molecular flexibility index (Phi) is 5.37. The Labute approximate surface area is 159 Å². The van der Waals surface area contributed by atoms with Crippen molar-refractivity contribution in [3.05, 3.63) is 75.5 Å². The van der Waals surface area contributed by atoms with Gasteiger partial charge in [0.25, 0.3) is 5.69 Å². The summed E-state index contributed by atoms with van der Waals surface area (Å²) in [6, 6.07) is 9.91. The molecule has 0 radical (unpaired) electrons. The van der Waals surface area contributed by atoms with Crippen molar-refractivity contribution < 1.29 is 29.1 Å². The fraction of sp³-hybridized carbons (Fsp3) is 0.158. The number of aromatic carboxylic acids is 1. The number of anilines is 1. The van der Waals surface area contributed by atoms with Crippen LogP contribution in [0.3, 0.4) is 0 Å². The van der Waals surface area contributed by atoms with E-state index in [4.69, 9.17) is 9.47 Å². The third kappa shape index (κ3) is 3.69. The number of ether oxygens (including phenoxy) is 2. The third-order valence-electron chi connectivity index (χ3n) is 4.03. The smallest absolute Gasteiger partial charge is 0.337 e. The van der Waals surface area contributed by atoms with Crippen molar-refractivity contribution in [3.63, 3.8) is 0 Å². The molecule has 0 aromatic heterocycles. The Morgan fingerprint density at radius 2 is 2.11 bits per heavy atom. The van der Waals surface area contributed by atoms with Gasteiger partial charge in [-0.1, -0.05) is 12.1 Å². The number of hydrogen-bond donors (Lipinski definition) is 2. The van der Waals surface area contributed by atoms with Gasteiger partial charge in [-0.15, -0.1) is 0 Å². The number of benzene rings is 2. The number of para-hydroxylation sites is 1. The molecule has 1 heterocycles. The highest BCUT2D eigenvalue weighted by Gasteiger charge is 2.34. The molecule has 1 aliphatic rings. The number of carbonyl (C=O) groups excluding carboxylic acids is 1. The Hall–Kier alpha value is -3.72. The highest BCUT2D eigenvalue weighted by molar-refractivity contribution is 6.12. The highest BCUT2D eigenvalue weighted by atomic mass is 16.7. The molecular formula is C19H16N2O7. The SMILES string of the molecule is CCO[C@@H]1Oc2ccc([N+](=O)[O-])cc2C(=O)/C1=C/Nc1ccccc1C(=O)O. The second-order valence-electron chi connectivity index (χ2n) is 5.77. The number of nitro groups is 1. The average Bonchev–Trinajstić information content (AvgIpc) is 2.67. The maximum Gasteiger partial charge on any atom is 0.337 e. The number of nitrogens with one attached hydrogen (secondary N) is 1. The van der Waals surface area contributed by atoms with Crippen LogP contribution in [0, 0.1) is 10.1 Å². The third-order valence-corrected chi connectivity index (χ3v) is 4.03. The zero-order valence-electron chi connectivity index (χ0n) is 14.7. The topological polar surface area (TPSA) is 128 Å². The van der Waals surface area contributed by atoms with Crippen molar-refractivity contribution in [1.29, 1.82) is 0 Å². The first-order chi connectivity index (χ1) is 13.4. The molecule has 2 aromatic rings. The second kappa shape index (κ2) is 7.89. The molecule has 144 valence electrons. The van der Waals surface area contributed by atoms with Crippen LogP contribution in [0.5, 0.6) is 5.75 Å². The van der Waals surface area contributed by atoms with E-state index in [1.54, 1.807) is 25.1 Å². The predicted molar refractivity (Wildman–Crippen MR) is 98.6 cm³/mol. The first kappa shape index (κ1) is 19.1. The van der Waals surface area contributed by atoms with Crippen LogP contribution in [0.15, 0.2) is 54.2 Å². The largest absolute Gasteiger partial charge is 0.478 e. The minimum absolute atomic E-state index is 0.0209. The van der Waals surface area contributed by atoms with Gasteiger partial charge in [0.1, 0.15) is 5.75 Å². The molecule has 0 unspecified atom stereocenters. The number of carboxylic acid groups (broad SMARTS) is 1. The lowest BCUT2D eigenvalue weighted by Gasteiger charge is -2.27. The summed E-state index contributed by atoms with van der Waals surface area (Å²) in [5.74, 6) is -1.46. The van der Waals surface area contributed by atoms with Crippen LogP contribution in [0.2, 0.25) is 0 Å². The quantitative estimate of drug-likeness (QED) is 0.441. The van der Waals surface area contributed by atoms with Crippen LogP contribution >= 0.6 is 0 Å². The van der Waals surface area contributed by atoms with E-state index in [9.17, 15) is 24.8 Å². The minimum atomic E-state index is -1.13. The molecule has 1 aliphatic heterocycles. The number of nitro benzene ring substituents is 1. The molecule has 0 bridgehead atoms. The van der Waals surface area contributed by atoms with E-state index in [1.807, 2.05) is 0 Å². The number of Topliss-reactive ketones (excluding diaryl/α,β-unsaturated/α-hetero) is 1. The van der Waals surface area contributed by atoms with Crippen LogP contribution in [-0.4, -0.2) is 34.7 Å². The molecule has 0 fully saturated rings. The van der Waals surface area contributed by atoms with E-state index >= 15 is 0 Å². The molecule has 0 aliphatic carbocycles. The summed E-state index contributed by atoms with van der Waals surface area (Å²) in [6.45, 7) is 1.98. The molecule has 9 nitrogen and oxygen atoms in total. The second-order valence-corrected chi connectivity index (χ2v) is 5.77. The first-order valence-electron chi connectivity index (χ1n) is 8.32. The minimum Gasteiger partial charge on any atom is -0.478 e. The van der Waals surface area contributed by atoms with Crippen LogP contribution in [0.1, 0.15) is 27.6 Å². The lowest BCUT2D eigenvalue weighted by Crippen LogP contribution is -2.33. The first-order valence-corrected chi connectivity index (χ1v) is 8.32. The number of ketones is 1. The molecule has 9 heteroatoms. The highest BCUT2D eigenvalue weighted by Crippen LogP contribution is 2.34. The fourth-order valence-electron chi connectivity index (χ4n) is 2.71. The van der Waals surface area contributed by atoms with Gasteiger partial charge >= 0.3 is 5.97 Å². The Bertz CT molecular complexity index is 984. The van der Waals surface area contributed by atoms with Gasteiger partial charge in [0.2, 0.25) is 12.1 Å². The molecule has 0 amide bonds. The monoisotopic (exact) mass is 384 g/mol. The van der Waals surface area contributed by atoms with Crippen LogP contribution in [-0.2, 0) is 4.74 Å². The molecular weight excluding hydrogens is 368 g/mol. The summed E-state index contributed by atoms with van der Waals surface area (Å²) in [5, 5.41) is 23.1. The number of carboxylic acids is 1. The summed E-state index contributed by atoms with van der Waals surface area (Å²) in [5.41, 5.74) is 0.150. The maximum atomic E-state index is 12.9. The van der Waals surface area contributed by atoms with Gasteiger partial charge in [-0.05, 0) is 25.1 Å². The predicted octanol–water partition coefficient (Wildman–Crippen LogP) is 3.23. The van der Waals surface area contributed by atoms with Crippen molar-refractivity contribution in [3.8, 4) is 5.75 Å². The molecule has 2 aromatic carbocycles. The van der Waals surface area contributed by atoms with Crippen molar-refractivity contribution in [2.45, 2.75) is 13.2 Å². The molecule has 0 saturated carbocycles. The van der Waals surface area contributed by atoms with E-state index in [2.05, 4.69) is 5.32 Å². The fourth-order valence-corrected chi connectivity index (χ4v) is 2.71. The normalized spacial score (nSPS) is 17.0. The molecule has 3 rings (SSSR count). The van der Waals surface area contributed by atoms with Crippen molar-refractivity contribution in [2.75, 3.05) is 11.9 Å². The lowest BCUT2D eigenvalue weighted by atomic mass is 9.99. The van der Waals surface area contributed by atoms with Gasteiger partial charge < -0.3 is 19.9 Å². The zero-order chi connectivity index (χ0) is 20.3. The molecule has 28 heavy (non-hydrogen) atoms. The summed E-state index contributed by atoms with van der Waals surface area (Å²) < 4.78 is 11.1. The van der Waals surface area contributed by atoms with Crippen LogP contribution in [0.4, 0.5) is 11.4 Å². The van der Waals surface area contributed by atoms with Gasteiger partial charge in [0.15, 0.2) is 0 Å². The zero-order valence-corrected chi connectivity index (χ0v) is 14.7. The number of hydrogen-bond acceptors (Lipinski definition) is 7. The Morgan fingerprint density at radius 1 is 1.36 bits per heavy atom. The summed E-state index contributed by atoms with van der Waals surface area (Å²) in [4.78, 5) is 34.6. The van der Waals surface area contributed by atoms with Crippen molar-refractivity contribution in [2.24, 2.45) is 0 Å². The van der Waals surface area contributed by atoms with E-state index in [0.717, 1.165) is 6.07 Å². The maximum absolute atomic E-state index is 12.9. The summed E-state index contributed by atoms with van der Waals surface area (Å²) in [6.07, 6.45) is 0.266. The van der Waals surface area contributed by atoms with E-state index < -0.39 is 23.0 Å². The lowest BCUT2D eigenvalue weighted by molar-refractivity contribution is -0.384. The van der Waals surface area contributed by atoms with E-state index in [1.165, 1.54) is 24.4 Å². The number of carbonyl (C=O) groups is 2. The average molecular weight is 384 g/mol. The summed E-state index contributed by atoms with van der Waals surface area (Å²) in [7, 11) is 0. The molecule has 1 atom stereocenters. The van der Waals surface area contributed by atoms with Gasteiger partial charge in [0, 0.05) is 24.9 Å². The number of non-ortho nitro benzene ring substituents is 1. The summed E-state index contributed by atoms with van der Waals surface area (Å²) >= 11 is 0. The van der Waals surface area contributed by atoms with Gasteiger partial charge in [0.05, 0.1) is 27.3 Å². The molecule has 2 N–H and O–H groups in total. The molecule has 0 spiro atoms. The number of fused-ring (bicyclic) bond motifs is 1. The standard InChI is InChI=1S/C19H16N2O7/c1-2-27-19-14(10-20-15-6-4-3-5-12(15)18(23)24)17(22)13-9-11(21(25)26)7-8-16(13)28-19/h3-10,19-20H,2H2,1H3,(H,23,24)/b14-10-/t19-/m1/s1. The van der Waals surface area contributed by atoms with E-state index in [-0.39, 0.29) is 40.4 Å². The Balaban J connectivity index is 1.99. The van der Waals surface area contributed by atoms with Crippen molar-refractivity contribution in [1.82, 2.24) is 0 Å². The number of rotatable bonds is 6. The van der Waals surface area contributed by atoms with Gasteiger partial charge in [-0.2, -0.15) is 0 Å². The van der Waals surface area contributed by atoms with Crippen molar-refractivity contribution >= 4 is 23.1 Å². The molecule has 0 saturated heterocycles. The van der Waals surface area contributed by atoms with Crippen LogP contribution in [0.25, 0.3) is 0 Å². The van der Waals surface area contributed by atoms with Gasteiger partial charge in [-0.25, -0.2) is 4.79 Å². The van der Waals surface area contributed by atoms with E-state index in [0.29, 0.717) is 0 Å². The number of nitrogens with zero attached hydrogens (tertiary/aromatic N) is 1. The van der Waals surface area contributed by atoms with Crippen LogP contribution < -0.4 is 10.1 Å². The van der Waals surface area contributed by atoms with Gasteiger partial charge in [-0.3, -0.25) is 14.9 Å². The Morgan fingerprint density at radius 3 is 2.79 bits per heavy atom.